The fourth-order valence-electron chi connectivity index (χ4n) is 3.34. The summed E-state index contributed by atoms with van der Waals surface area (Å²) in [5, 5.41) is 9.08. The van der Waals surface area contributed by atoms with Crippen molar-refractivity contribution in [3.05, 3.63) is 89.3 Å². The molecule has 0 fully saturated rings. The molecular formula is C27H27N3O2S. The fourth-order valence-corrected chi connectivity index (χ4v) is 4.08. The Labute approximate surface area is 198 Å². The van der Waals surface area contributed by atoms with E-state index in [0.717, 1.165) is 33.5 Å². The molecule has 6 heteroatoms. The van der Waals surface area contributed by atoms with Crippen LogP contribution in [0.1, 0.15) is 36.7 Å². The summed E-state index contributed by atoms with van der Waals surface area (Å²) in [6.45, 7) is 6.47. The van der Waals surface area contributed by atoms with Gasteiger partial charge in [-0.1, -0.05) is 51.1 Å². The zero-order chi connectivity index (χ0) is 23.4. The Kier molecular flexibility index (Phi) is 6.47. The van der Waals surface area contributed by atoms with Crippen molar-refractivity contribution in [3.63, 3.8) is 0 Å². The van der Waals surface area contributed by atoms with Crippen LogP contribution in [0.5, 0.6) is 5.75 Å². The molecule has 0 aliphatic rings. The first kappa shape index (κ1) is 22.6. The van der Waals surface area contributed by atoms with Crippen molar-refractivity contribution in [2.75, 3.05) is 17.7 Å². The minimum atomic E-state index is -0.123. The normalized spacial score (nSPS) is 11.2. The highest BCUT2D eigenvalue weighted by Gasteiger charge is 2.14. The molecule has 168 valence electrons. The lowest BCUT2D eigenvalue weighted by Crippen LogP contribution is -2.14. The maximum Gasteiger partial charge on any atom is 0.255 e. The van der Waals surface area contributed by atoms with Crippen molar-refractivity contribution in [2.45, 2.75) is 26.2 Å². The van der Waals surface area contributed by atoms with Crippen LogP contribution in [0.15, 0.2) is 78.2 Å². The van der Waals surface area contributed by atoms with Gasteiger partial charge in [0.2, 0.25) is 0 Å². The number of aromatic nitrogens is 1. The Balaban J connectivity index is 1.40. The third-order valence-electron chi connectivity index (χ3n) is 5.28. The summed E-state index contributed by atoms with van der Waals surface area (Å²) in [6.07, 6.45) is 0. The number of hydrogen-bond acceptors (Lipinski definition) is 5. The molecule has 4 aromatic rings. The van der Waals surface area contributed by atoms with Crippen LogP contribution in [0.3, 0.4) is 0 Å². The van der Waals surface area contributed by atoms with Gasteiger partial charge in [0.15, 0.2) is 5.13 Å². The first-order chi connectivity index (χ1) is 15.8. The SMILES string of the molecule is COc1cccc(Nc2nc(-c3ccc(NC(=O)c4ccc(C(C)(C)C)cc4)cc3)cs2)c1. The summed E-state index contributed by atoms with van der Waals surface area (Å²) in [5.74, 6) is 0.668. The minimum absolute atomic E-state index is 0.0594. The van der Waals surface area contributed by atoms with Gasteiger partial charge in [0.1, 0.15) is 5.75 Å². The third-order valence-corrected chi connectivity index (χ3v) is 6.03. The Morgan fingerprint density at radius 1 is 0.939 bits per heavy atom. The van der Waals surface area contributed by atoms with Gasteiger partial charge >= 0.3 is 0 Å². The number of benzene rings is 3. The molecule has 0 unspecified atom stereocenters. The molecule has 0 aliphatic heterocycles. The van der Waals surface area contributed by atoms with Gasteiger partial charge in [0.25, 0.3) is 5.91 Å². The number of ether oxygens (including phenoxy) is 1. The predicted octanol–water partition coefficient (Wildman–Crippen LogP) is 7.11. The van der Waals surface area contributed by atoms with Gasteiger partial charge in [0.05, 0.1) is 12.8 Å². The van der Waals surface area contributed by atoms with Crippen molar-refractivity contribution in [1.29, 1.82) is 0 Å². The zero-order valence-corrected chi connectivity index (χ0v) is 20.0. The van der Waals surface area contributed by atoms with Gasteiger partial charge in [-0.15, -0.1) is 11.3 Å². The highest BCUT2D eigenvalue weighted by atomic mass is 32.1. The minimum Gasteiger partial charge on any atom is -0.497 e. The quantitative estimate of drug-likeness (QED) is 0.324. The van der Waals surface area contributed by atoms with Crippen LogP contribution in [0.4, 0.5) is 16.5 Å². The van der Waals surface area contributed by atoms with E-state index in [9.17, 15) is 4.79 Å². The number of amides is 1. The Bertz CT molecular complexity index is 1240. The van der Waals surface area contributed by atoms with Gasteiger partial charge in [-0.25, -0.2) is 4.98 Å². The van der Waals surface area contributed by atoms with Gasteiger partial charge in [-0.05, 0) is 47.4 Å². The van der Waals surface area contributed by atoms with Crippen molar-refractivity contribution in [1.82, 2.24) is 4.98 Å². The average Bonchev–Trinajstić information content (AvgIpc) is 3.27. The lowest BCUT2D eigenvalue weighted by molar-refractivity contribution is 0.102. The topological polar surface area (TPSA) is 63.2 Å². The summed E-state index contributed by atoms with van der Waals surface area (Å²) in [7, 11) is 1.65. The average molecular weight is 458 g/mol. The van der Waals surface area contributed by atoms with Crippen LogP contribution in [0, 0.1) is 0 Å². The van der Waals surface area contributed by atoms with Gasteiger partial charge in [-0.3, -0.25) is 4.79 Å². The Morgan fingerprint density at radius 3 is 2.33 bits per heavy atom. The fraction of sp³-hybridized carbons (Fsp3) is 0.185. The van der Waals surface area contributed by atoms with Crippen LogP contribution >= 0.6 is 11.3 Å². The molecule has 3 aromatic carbocycles. The van der Waals surface area contributed by atoms with Crippen molar-refractivity contribution >= 4 is 33.8 Å². The van der Waals surface area contributed by atoms with Crippen LogP contribution < -0.4 is 15.4 Å². The van der Waals surface area contributed by atoms with E-state index in [1.54, 1.807) is 7.11 Å². The molecule has 0 aliphatic carbocycles. The molecule has 33 heavy (non-hydrogen) atoms. The van der Waals surface area contributed by atoms with E-state index in [0.29, 0.717) is 5.56 Å². The van der Waals surface area contributed by atoms with Crippen molar-refractivity contribution < 1.29 is 9.53 Å². The molecule has 5 nitrogen and oxygen atoms in total. The van der Waals surface area contributed by atoms with Crippen molar-refractivity contribution in [2.24, 2.45) is 0 Å². The largest absolute Gasteiger partial charge is 0.497 e. The summed E-state index contributed by atoms with van der Waals surface area (Å²) in [6, 6.07) is 23.2. The van der Waals surface area contributed by atoms with Crippen molar-refractivity contribution in [3.8, 4) is 17.0 Å². The van der Waals surface area contributed by atoms with E-state index < -0.39 is 0 Å². The monoisotopic (exact) mass is 457 g/mol. The number of thiazole rings is 1. The molecule has 0 bridgehead atoms. The highest BCUT2D eigenvalue weighted by Crippen LogP contribution is 2.29. The standard InChI is InChI=1S/C27H27N3O2S/c1-27(2,3)20-12-8-19(9-13-20)25(31)28-21-14-10-18(11-15-21)24-17-33-26(30-24)29-22-6-5-7-23(16-22)32-4/h5-17H,1-4H3,(H,28,31)(H,29,30). The molecule has 0 radical (unpaired) electrons. The maximum atomic E-state index is 12.6. The summed E-state index contributed by atoms with van der Waals surface area (Å²) in [5.41, 5.74) is 5.42. The van der Waals surface area contributed by atoms with Gasteiger partial charge in [-0.2, -0.15) is 0 Å². The molecule has 1 heterocycles. The molecule has 0 saturated carbocycles. The number of anilines is 3. The van der Waals surface area contributed by atoms with E-state index in [4.69, 9.17) is 4.74 Å². The van der Waals surface area contributed by atoms with Crippen LogP contribution in [-0.2, 0) is 5.41 Å². The summed E-state index contributed by atoms with van der Waals surface area (Å²) < 4.78 is 5.27. The number of methoxy groups -OCH3 is 1. The number of nitrogens with one attached hydrogen (secondary N) is 2. The summed E-state index contributed by atoms with van der Waals surface area (Å²) >= 11 is 1.53. The summed E-state index contributed by atoms with van der Waals surface area (Å²) in [4.78, 5) is 17.3. The Hall–Kier alpha value is -3.64. The molecule has 0 atom stereocenters. The second-order valence-electron chi connectivity index (χ2n) is 8.75. The van der Waals surface area contributed by atoms with E-state index in [2.05, 4.69) is 36.4 Å². The molecule has 4 rings (SSSR count). The lowest BCUT2D eigenvalue weighted by atomic mass is 9.87. The lowest BCUT2D eigenvalue weighted by Gasteiger charge is -2.19. The smallest absolute Gasteiger partial charge is 0.255 e. The second kappa shape index (κ2) is 9.46. The zero-order valence-electron chi connectivity index (χ0n) is 19.2. The first-order valence-electron chi connectivity index (χ1n) is 10.7. The molecular weight excluding hydrogens is 430 g/mol. The van der Waals surface area contributed by atoms with E-state index in [1.807, 2.05) is 78.2 Å². The maximum absolute atomic E-state index is 12.6. The van der Waals surface area contributed by atoms with E-state index >= 15 is 0 Å². The highest BCUT2D eigenvalue weighted by molar-refractivity contribution is 7.14. The number of hydrogen-bond donors (Lipinski definition) is 2. The third kappa shape index (κ3) is 5.59. The van der Waals surface area contributed by atoms with Crippen LogP contribution in [0.25, 0.3) is 11.3 Å². The molecule has 2 N–H and O–H groups in total. The van der Waals surface area contributed by atoms with Gasteiger partial charge in [0, 0.05) is 33.9 Å². The number of rotatable bonds is 6. The number of nitrogens with zero attached hydrogens (tertiary/aromatic N) is 1. The van der Waals surface area contributed by atoms with E-state index in [1.165, 1.54) is 16.9 Å². The number of carbonyl (C=O) groups excluding carboxylic acids is 1. The molecule has 1 aromatic heterocycles. The Morgan fingerprint density at radius 2 is 1.67 bits per heavy atom. The first-order valence-corrected chi connectivity index (χ1v) is 11.6. The van der Waals surface area contributed by atoms with E-state index in [-0.39, 0.29) is 11.3 Å². The second-order valence-corrected chi connectivity index (χ2v) is 9.61. The molecule has 0 spiro atoms. The molecule has 0 saturated heterocycles. The van der Waals surface area contributed by atoms with Crippen LogP contribution in [-0.4, -0.2) is 18.0 Å². The number of carbonyl (C=O) groups is 1. The predicted molar refractivity (Wildman–Crippen MR) is 137 cm³/mol. The van der Waals surface area contributed by atoms with Gasteiger partial charge < -0.3 is 15.4 Å². The molecule has 1 amide bonds. The van der Waals surface area contributed by atoms with Crippen LogP contribution in [0.2, 0.25) is 0 Å².